The maximum absolute atomic E-state index is 9.75. The van der Waals surface area contributed by atoms with Gasteiger partial charge in [-0.05, 0) is 29.8 Å². The number of hydrogen-bond acceptors (Lipinski definition) is 3. The average molecular weight is 278 g/mol. The van der Waals surface area contributed by atoms with Crippen molar-refractivity contribution in [3.05, 3.63) is 63.7 Å². The van der Waals surface area contributed by atoms with Gasteiger partial charge in [-0.25, -0.2) is 4.98 Å². The monoisotopic (exact) mass is 277 g/mol. The van der Waals surface area contributed by atoms with E-state index in [0.717, 1.165) is 0 Å². The summed E-state index contributed by atoms with van der Waals surface area (Å²) in [5.41, 5.74) is 1.42. The maximum Gasteiger partial charge on any atom is 0.140 e. The average Bonchev–Trinajstić information content (AvgIpc) is 2.39. The van der Waals surface area contributed by atoms with E-state index in [0.29, 0.717) is 21.8 Å². The summed E-state index contributed by atoms with van der Waals surface area (Å²) in [6.45, 7) is 0. The second-order valence-corrected chi connectivity index (χ2v) is 4.31. The molecule has 3 nitrogen and oxygen atoms in total. The summed E-state index contributed by atoms with van der Waals surface area (Å²) < 4.78 is 0. The van der Waals surface area contributed by atoms with Crippen molar-refractivity contribution in [1.29, 1.82) is 5.26 Å². The number of pyridine rings is 1. The lowest BCUT2D eigenvalue weighted by Crippen LogP contribution is -1.91. The molecular formula is C13H7Cl2N2O. The van der Waals surface area contributed by atoms with Crippen LogP contribution in [0.25, 0.3) is 0 Å². The van der Waals surface area contributed by atoms with E-state index in [1.165, 1.54) is 18.3 Å². The number of nitrogens with zero attached hydrogens (tertiary/aromatic N) is 2. The van der Waals surface area contributed by atoms with Crippen LogP contribution in [-0.4, -0.2) is 10.1 Å². The third-order valence-electron chi connectivity index (χ3n) is 2.32. The van der Waals surface area contributed by atoms with Crippen molar-refractivity contribution in [2.75, 3.05) is 0 Å². The van der Waals surface area contributed by atoms with Crippen LogP contribution in [-0.2, 0) is 0 Å². The van der Waals surface area contributed by atoms with Gasteiger partial charge in [-0.2, -0.15) is 5.26 Å². The predicted octanol–water partition coefficient (Wildman–Crippen LogP) is 3.57. The molecule has 0 aliphatic carbocycles. The van der Waals surface area contributed by atoms with E-state index < -0.39 is 0 Å². The number of phenolic OH excluding ortho intramolecular Hbond substituents is 1. The molecule has 1 heterocycles. The minimum atomic E-state index is 0.0275. The quantitative estimate of drug-likeness (QED) is 0.913. The van der Waals surface area contributed by atoms with Crippen LogP contribution in [0.1, 0.15) is 16.8 Å². The van der Waals surface area contributed by atoms with Gasteiger partial charge in [-0.3, -0.25) is 0 Å². The van der Waals surface area contributed by atoms with Gasteiger partial charge in [0.05, 0.1) is 10.0 Å². The molecule has 0 bridgehead atoms. The maximum atomic E-state index is 9.75. The third kappa shape index (κ3) is 2.56. The van der Waals surface area contributed by atoms with Gasteiger partial charge in [0.25, 0.3) is 0 Å². The highest BCUT2D eigenvalue weighted by molar-refractivity contribution is 6.42. The number of nitriles is 1. The fourth-order valence-electron chi connectivity index (χ4n) is 1.46. The Morgan fingerprint density at radius 2 is 2.06 bits per heavy atom. The van der Waals surface area contributed by atoms with E-state index in [-0.39, 0.29) is 10.8 Å². The standard InChI is InChI=1S/C13H7Cl2N2O/c14-11-1-2-12(18)10(13(11)15)6-8-3-4-17-9(5-8)7-16/h1-6,18H. The molecule has 0 atom stereocenters. The van der Waals surface area contributed by atoms with Gasteiger partial charge in [0.1, 0.15) is 17.5 Å². The first-order chi connectivity index (χ1) is 8.61. The molecule has 1 aromatic heterocycles. The third-order valence-corrected chi connectivity index (χ3v) is 3.14. The number of rotatable bonds is 2. The van der Waals surface area contributed by atoms with Crippen LogP contribution in [0.3, 0.4) is 0 Å². The molecule has 0 aliphatic heterocycles. The fourth-order valence-corrected chi connectivity index (χ4v) is 1.84. The van der Waals surface area contributed by atoms with Crippen LogP contribution < -0.4 is 0 Å². The van der Waals surface area contributed by atoms with Crippen molar-refractivity contribution in [2.24, 2.45) is 0 Å². The Morgan fingerprint density at radius 1 is 1.28 bits per heavy atom. The van der Waals surface area contributed by atoms with Crippen molar-refractivity contribution in [3.8, 4) is 11.8 Å². The molecule has 0 aliphatic rings. The van der Waals surface area contributed by atoms with Gasteiger partial charge in [0.15, 0.2) is 0 Å². The predicted molar refractivity (Wildman–Crippen MR) is 69.6 cm³/mol. The Kier molecular flexibility index (Phi) is 3.71. The van der Waals surface area contributed by atoms with Crippen LogP contribution in [0.15, 0.2) is 30.5 Å². The van der Waals surface area contributed by atoms with Crippen LogP contribution >= 0.6 is 23.2 Å². The molecule has 0 spiro atoms. The van der Waals surface area contributed by atoms with E-state index in [4.69, 9.17) is 28.5 Å². The lowest BCUT2D eigenvalue weighted by molar-refractivity contribution is 0.472. The highest BCUT2D eigenvalue weighted by Crippen LogP contribution is 2.34. The molecule has 1 radical (unpaired) electrons. The first-order valence-electron chi connectivity index (χ1n) is 4.99. The first-order valence-corrected chi connectivity index (χ1v) is 5.75. The number of phenols is 1. The minimum absolute atomic E-state index is 0.0275. The molecule has 1 N–H and O–H groups in total. The summed E-state index contributed by atoms with van der Waals surface area (Å²) in [6, 6.07) is 8.22. The topological polar surface area (TPSA) is 56.9 Å². The Morgan fingerprint density at radius 3 is 2.78 bits per heavy atom. The smallest absolute Gasteiger partial charge is 0.140 e. The number of aromatic hydroxyl groups is 1. The van der Waals surface area contributed by atoms with E-state index in [9.17, 15) is 5.11 Å². The van der Waals surface area contributed by atoms with Crippen molar-refractivity contribution in [1.82, 2.24) is 4.98 Å². The van der Waals surface area contributed by atoms with Gasteiger partial charge < -0.3 is 5.11 Å². The first kappa shape index (κ1) is 12.7. The normalized spacial score (nSPS) is 10.1. The summed E-state index contributed by atoms with van der Waals surface area (Å²) in [7, 11) is 0. The molecule has 2 aromatic rings. The summed E-state index contributed by atoms with van der Waals surface area (Å²) in [5.74, 6) is 0.0275. The second kappa shape index (κ2) is 5.26. The molecule has 0 amide bonds. The second-order valence-electron chi connectivity index (χ2n) is 3.52. The number of benzene rings is 1. The Balaban J connectivity index is 2.40. The zero-order chi connectivity index (χ0) is 13.1. The minimum Gasteiger partial charge on any atom is -0.508 e. The molecule has 0 fully saturated rings. The molecule has 1 aromatic carbocycles. The van der Waals surface area contributed by atoms with Crippen LogP contribution in [0.4, 0.5) is 0 Å². The van der Waals surface area contributed by atoms with E-state index in [1.54, 1.807) is 18.6 Å². The molecule has 5 heteroatoms. The Bertz CT molecular complexity index is 635. The van der Waals surface area contributed by atoms with Crippen molar-refractivity contribution in [3.63, 3.8) is 0 Å². The number of aromatic nitrogens is 1. The SMILES string of the molecule is N#Cc1cc([CH]c2c(O)ccc(Cl)c2Cl)ccn1. The molecular weight excluding hydrogens is 271 g/mol. The van der Waals surface area contributed by atoms with Crippen LogP contribution in [0.5, 0.6) is 5.75 Å². The molecule has 0 saturated carbocycles. The van der Waals surface area contributed by atoms with Crippen molar-refractivity contribution >= 4 is 23.2 Å². The molecule has 0 saturated heterocycles. The Hall–Kier alpha value is -1.76. The highest BCUT2D eigenvalue weighted by Gasteiger charge is 2.11. The van der Waals surface area contributed by atoms with Crippen LogP contribution in [0.2, 0.25) is 10.0 Å². The number of hydrogen-bond donors (Lipinski definition) is 1. The molecule has 0 unspecified atom stereocenters. The Labute approximate surface area is 114 Å². The highest BCUT2D eigenvalue weighted by atomic mass is 35.5. The van der Waals surface area contributed by atoms with Gasteiger partial charge in [0.2, 0.25) is 0 Å². The van der Waals surface area contributed by atoms with Gasteiger partial charge in [-0.15, -0.1) is 0 Å². The van der Waals surface area contributed by atoms with E-state index in [2.05, 4.69) is 4.98 Å². The number of halogens is 2. The van der Waals surface area contributed by atoms with Gasteiger partial charge in [-0.1, -0.05) is 23.2 Å². The van der Waals surface area contributed by atoms with E-state index >= 15 is 0 Å². The lowest BCUT2D eigenvalue weighted by atomic mass is 10.0. The molecule has 89 valence electrons. The lowest BCUT2D eigenvalue weighted by Gasteiger charge is -2.08. The van der Waals surface area contributed by atoms with Crippen molar-refractivity contribution in [2.45, 2.75) is 0 Å². The molecule has 2 rings (SSSR count). The van der Waals surface area contributed by atoms with E-state index in [1.807, 2.05) is 6.07 Å². The zero-order valence-electron chi connectivity index (χ0n) is 9.06. The molecule has 18 heavy (non-hydrogen) atoms. The van der Waals surface area contributed by atoms with Crippen molar-refractivity contribution < 1.29 is 5.11 Å². The summed E-state index contributed by atoms with van der Waals surface area (Å²) in [5, 5.41) is 19.1. The summed E-state index contributed by atoms with van der Waals surface area (Å²) in [4.78, 5) is 3.86. The largest absolute Gasteiger partial charge is 0.508 e. The van der Waals surface area contributed by atoms with Gasteiger partial charge in [0, 0.05) is 18.2 Å². The zero-order valence-corrected chi connectivity index (χ0v) is 10.6. The fraction of sp³-hybridized carbons (Fsp3) is 0. The summed E-state index contributed by atoms with van der Waals surface area (Å²) in [6.07, 6.45) is 3.16. The van der Waals surface area contributed by atoms with Crippen LogP contribution in [0, 0.1) is 17.8 Å². The van der Waals surface area contributed by atoms with Gasteiger partial charge >= 0.3 is 0 Å². The summed E-state index contributed by atoms with van der Waals surface area (Å²) >= 11 is 11.9.